The molecule has 0 atom stereocenters. The summed E-state index contributed by atoms with van der Waals surface area (Å²) in [6.45, 7) is 0.786. The zero-order chi connectivity index (χ0) is 9.80. The molecule has 1 heterocycles. The molecule has 0 aliphatic rings. The van der Waals surface area contributed by atoms with E-state index in [1.165, 1.54) is 16.9 Å². The summed E-state index contributed by atoms with van der Waals surface area (Å²) in [6, 6.07) is 10.2. The second-order valence-electron chi connectivity index (χ2n) is 2.91. The highest BCUT2D eigenvalue weighted by molar-refractivity contribution is 7.19. The van der Waals surface area contributed by atoms with Gasteiger partial charge in [0.2, 0.25) is 0 Å². The fraction of sp³-hybridized carbons (Fsp3) is 0.100. The van der Waals surface area contributed by atoms with E-state index in [-0.39, 0.29) is 0 Å². The van der Waals surface area contributed by atoms with Gasteiger partial charge in [-0.05, 0) is 5.56 Å². The van der Waals surface area contributed by atoms with Crippen LogP contribution in [0, 0.1) is 0 Å². The lowest BCUT2D eigenvalue weighted by molar-refractivity contribution is 1.13. The topological polar surface area (TPSA) is 50.9 Å². The van der Waals surface area contributed by atoms with Gasteiger partial charge in [-0.1, -0.05) is 41.7 Å². The number of nitrogens with zero attached hydrogens (tertiary/aromatic N) is 1. The first-order valence-electron chi connectivity index (χ1n) is 4.34. The number of rotatable bonds is 3. The van der Waals surface area contributed by atoms with Gasteiger partial charge in [0, 0.05) is 6.54 Å². The summed E-state index contributed by atoms with van der Waals surface area (Å²) >= 11 is 1.46. The van der Waals surface area contributed by atoms with Crippen molar-refractivity contribution in [2.75, 3.05) is 11.1 Å². The van der Waals surface area contributed by atoms with Crippen molar-refractivity contribution in [3.63, 3.8) is 0 Å². The van der Waals surface area contributed by atoms with Gasteiger partial charge in [0.1, 0.15) is 5.00 Å². The molecular formula is C10H11N3S. The van der Waals surface area contributed by atoms with Crippen molar-refractivity contribution >= 4 is 21.5 Å². The van der Waals surface area contributed by atoms with Gasteiger partial charge >= 0.3 is 0 Å². The van der Waals surface area contributed by atoms with Crippen LogP contribution in [-0.4, -0.2) is 4.98 Å². The van der Waals surface area contributed by atoms with Gasteiger partial charge < -0.3 is 11.1 Å². The lowest BCUT2D eigenvalue weighted by Crippen LogP contribution is -1.97. The molecule has 0 bridgehead atoms. The van der Waals surface area contributed by atoms with Crippen LogP contribution in [0.2, 0.25) is 0 Å². The van der Waals surface area contributed by atoms with Crippen LogP contribution >= 0.6 is 11.3 Å². The van der Waals surface area contributed by atoms with Crippen molar-refractivity contribution in [1.82, 2.24) is 4.98 Å². The average molecular weight is 205 g/mol. The number of nitrogens with one attached hydrogen (secondary N) is 1. The number of anilines is 2. The Kier molecular flexibility index (Phi) is 2.65. The molecule has 0 radical (unpaired) electrons. The molecule has 0 saturated carbocycles. The monoisotopic (exact) mass is 205 g/mol. The molecule has 0 unspecified atom stereocenters. The highest BCUT2D eigenvalue weighted by Crippen LogP contribution is 2.19. The Bertz CT molecular complexity index is 397. The molecule has 0 amide bonds. The Labute approximate surface area is 86.6 Å². The summed E-state index contributed by atoms with van der Waals surface area (Å²) in [5.41, 5.74) is 6.80. The Hall–Kier alpha value is -1.55. The van der Waals surface area contributed by atoms with Crippen LogP contribution in [0.5, 0.6) is 0 Å². The number of benzene rings is 1. The quantitative estimate of drug-likeness (QED) is 0.808. The molecule has 0 aliphatic heterocycles. The third-order valence-corrected chi connectivity index (χ3v) is 2.59. The van der Waals surface area contributed by atoms with E-state index in [4.69, 9.17) is 5.73 Å². The number of hydrogen-bond donors (Lipinski definition) is 2. The Morgan fingerprint density at radius 2 is 2.07 bits per heavy atom. The normalized spacial score (nSPS) is 10.0. The zero-order valence-electron chi connectivity index (χ0n) is 7.60. The molecule has 72 valence electrons. The van der Waals surface area contributed by atoms with Gasteiger partial charge in [-0.2, -0.15) is 0 Å². The van der Waals surface area contributed by atoms with Crippen LogP contribution in [-0.2, 0) is 6.54 Å². The Morgan fingerprint density at radius 3 is 2.71 bits per heavy atom. The molecule has 0 saturated heterocycles. The van der Waals surface area contributed by atoms with Crippen molar-refractivity contribution in [2.45, 2.75) is 6.54 Å². The SMILES string of the molecule is Nc1cnc(NCc2ccccc2)s1. The Morgan fingerprint density at radius 1 is 1.29 bits per heavy atom. The predicted molar refractivity (Wildman–Crippen MR) is 60.3 cm³/mol. The van der Waals surface area contributed by atoms with Gasteiger partial charge in [0.25, 0.3) is 0 Å². The molecule has 1 aromatic heterocycles. The zero-order valence-corrected chi connectivity index (χ0v) is 8.42. The molecule has 1 aromatic carbocycles. The summed E-state index contributed by atoms with van der Waals surface area (Å²) in [7, 11) is 0. The number of nitrogens with two attached hydrogens (primary N) is 1. The minimum atomic E-state index is 0.737. The van der Waals surface area contributed by atoms with Crippen molar-refractivity contribution in [3.8, 4) is 0 Å². The number of hydrogen-bond acceptors (Lipinski definition) is 4. The van der Waals surface area contributed by atoms with Gasteiger partial charge in [0.05, 0.1) is 6.20 Å². The van der Waals surface area contributed by atoms with Crippen LogP contribution in [0.4, 0.5) is 10.1 Å². The van der Waals surface area contributed by atoms with E-state index >= 15 is 0 Å². The molecule has 4 heteroatoms. The maximum Gasteiger partial charge on any atom is 0.184 e. The molecule has 2 aromatic rings. The minimum Gasteiger partial charge on any atom is -0.389 e. The summed E-state index contributed by atoms with van der Waals surface area (Å²) in [4.78, 5) is 4.11. The fourth-order valence-electron chi connectivity index (χ4n) is 1.14. The molecule has 0 fully saturated rings. The lowest BCUT2D eigenvalue weighted by atomic mass is 10.2. The molecule has 2 rings (SSSR count). The first-order valence-corrected chi connectivity index (χ1v) is 5.15. The van der Waals surface area contributed by atoms with Crippen molar-refractivity contribution in [2.24, 2.45) is 0 Å². The summed E-state index contributed by atoms with van der Waals surface area (Å²) < 4.78 is 0. The van der Waals surface area contributed by atoms with E-state index in [1.54, 1.807) is 6.20 Å². The Balaban J connectivity index is 1.95. The minimum absolute atomic E-state index is 0.737. The van der Waals surface area contributed by atoms with Crippen LogP contribution < -0.4 is 11.1 Å². The molecular weight excluding hydrogens is 194 g/mol. The van der Waals surface area contributed by atoms with Gasteiger partial charge in [0.15, 0.2) is 5.13 Å². The highest BCUT2D eigenvalue weighted by Gasteiger charge is 1.97. The van der Waals surface area contributed by atoms with Crippen molar-refractivity contribution in [3.05, 3.63) is 42.1 Å². The predicted octanol–water partition coefficient (Wildman–Crippen LogP) is 2.34. The largest absolute Gasteiger partial charge is 0.389 e. The number of thiazole rings is 1. The van der Waals surface area contributed by atoms with E-state index in [0.717, 1.165) is 16.7 Å². The van der Waals surface area contributed by atoms with Gasteiger partial charge in [-0.15, -0.1) is 0 Å². The smallest absolute Gasteiger partial charge is 0.184 e. The third kappa shape index (κ3) is 2.23. The first kappa shape index (κ1) is 9.02. The molecule has 0 aliphatic carbocycles. The summed E-state index contributed by atoms with van der Waals surface area (Å²) in [5.74, 6) is 0. The average Bonchev–Trinajstić information content (AvgIpc) is 2.63. The molecule has 3 N–H and O–H groups in total. The van der Waals surface area contributed by atoms with Crippen LogP contribution in [0.15, 0.2) is 36.5 Å². The first-order chi connectivity index (χ1) is 6.84. The van der Waals surface area contributed by atoms with E-state index < -0.39 is 0 Å². The van der Waals surface area contributed by atoms with Gasteiger partial charge in [-0.25, -0.2) is 4.98 Å². The van der Waals surface area contributed by atoms with Crippen LogP contribution in [0.3, 0.4) is 0 Å². The maximum absolute atomic E-state index is 5.56. The fourth-order valence-corrected chi connectivity index (χ4v) is 1.72. The molecule has 14 heavy (non-hydrogen) atoms. The van der Waals surface area contributed by atoms with E-state index in [1.807, 2.05) is 18.2 Å². The van der Waals surface area contributed by atoms with Crippen molar-refractivity contribution in [1.29, 1.82) is 0 Å². The lowest BCUT2D eigenvalue weighted by Gasteiger charge is -2.01. The molecule has 3 nitrogen and oxygen atoms in total. The maximum atomic E-state index is 5.56. The standard InChI is InChI=1S/C10H11N3S/c11-9-7-13-10(14-9)12-6-8-4-2-1-3-5-8/h1-5,7H,6,11H2,(H,12,13). The molecule has 0 spiro atoms. The van der Waals surface area contributed by atoms with Gasteiger partial charge in [-0.3, -0.25) is 0 Å². The second kappa shape index (κ2) is 4.11. The van der Waals surface area contributed by atoms with Crippen LogP contribution in [0.25, 0.3) is 0 Å². The second-order valence-corrected chi connectivity index (χ2v) is 3.97. The summed E-state index contributed by atoms with van der Waals surface area (Å²) in [6.07, 6.45) is 1.66. The number of nitrogen functional groups attached to an aromatic ring is 1. The highest BCUT2D eigenvalue weighted by atomic mass is 32.1. The van der Waals surface area contributed by atoms with E-state index in [0.29, 0.717) is 0 Å². The van der Waals surface area contributed by atoms with E-state index in [9.17, 15) is 0 Å². The third-order valence-electron chi connectivity index (χ3n) is 1.81. The number of aromatic nitrogens is 1. The van der Waals surface area contributed by atoms with Crippen molar-refractivity contribution < 1.29 is 0 Å². The van der Waals surface area contributed by atoms with E-state index in [2.05, 4.69) is 22.4 Å². The summed E-state index contributed by atoms with van der Waals surface area (Å²) in [5, 5.41) is 4.81. The van der Waals surface area contributed by atoms with Crippen LogP contribution in [0.1, 0.15) is 5.56 Å².